The third kappa shape index (κ3) is 1.77. The van der Waals surface area contributed by atoms with Crippen LogP contribution in [0.15, 0.2) is 11.4 Å². The number of likely N-dealkylation sites (N-methyl/N-ethyl adjacent to an activating group) is 1. The van der Waals surface area contributed by atoms with Crippen molar-refractivity contribution in [1.29, 1.82) is 5.41 Å². The third-order valence-electron chi connectivity index (χ3n) is 0.941. The topological polar surface area (TPSA) is 105 Å². The zero-order valence-corrected chi connectivity index (χ0v) is 5.64. The molecule has 56 valence electrons. The maximum atomic E-state index is 10.4. The number of nitrogens with one attached hydrogen (secondary N) is 2. The number of carbonyl (C=O) groups excluding carboxylic acids is 1. The minimum absolute atomic E-state index is 0.0370. The van der Waals surface area contributed by atoms with Crippen molar-refractivity contribution in [1.82, 2.24) is 5.32 Å². The maximum Gasteiger partial charge on any atom is 0.266 e. The first kappa shape index (κ1) is 8.48. The molecule has 5 nitrogen and oxygen atoms in total. The van der Waals surface area contributed by atoms with E-state index in [1.807, 2.05) is 0 Å². The number of nitrogens with two attached hydrogens (primary N) is 2. The second-order valence-corrected chi connectivity index (χ2v) is 1.59. The molecule has 0 fully saturated rings. The Bertz CT molecular complexity index is 184. The SMILES string of the molecule is CN/C(C(N)=O)=C(/N)C=N. The van der Waals surface area contributed by atoms with E-state index in [1.165, 1.54) is 7.05 Å². The van der Waals surface area contributed by atoms with E-state index in [9.17, 15) is 4.79 Å². The molecule has 0 rings (SSSR count). The molecule has 0 bridgehead atoms. The van der Waals surface area contributed by atoms with E-state index in [4.69, 9.17) is 16.9 Å². The van der Waals surface area contributed by atoms with Gasteiger partial charge in [-0.05, 0) is 0 Å². The Labute approximate surface area is 58.6 Å². The van der Waals surface area contributed by atoms with Crippen LogP contribution in [-0.4, -0.2) is 19.2 Å². The van der Waals surface area contributed by atoms with E-state index in [1.54, 1.807) is 0 Å². The summed E-state index contributed by atoms with van der Waals surface area (Å²) < 4.78 is 0. The average molecular weight is 142 g/mol. The van der Waals surface area contributed by atoms with Crippen LogP contribution in [0, 0.1) is 5.41 Å². The second-order valence-electron chi connectivity index (χ2n) is 1.59. The van der Waals surface area contributed by atoms with Gasteiger partial charge in [0.15, 0.2) is 0 Å². The highest BCUT2D eigenvalue weighted by molar-refractivity contribution is 5.97. The smallest absolute Gasteiger partial charge is 0.266 e. The van der Waals surface area contributed by atoms with Crippen molar-refractivity contribution in [3.8, 4) is 0 Å². The van der Waals surface area contributed by atoms with Gasteiger partial charge in [-0.25, -0.2) is 0 Å². The predicted molar refractivity (Wildman–Crippen MR) is 38.3 cm³/mol. The van der Waals surface area contributed by atoms with Gasteiger partial charge in [0.05, 0.1) is 5.70 Å². The van der Waals surface area contributed by atoms with Crippen LogP contribution >= 0.6 is 0 Å². The number of carbonyl (C=O) groups is 1. The first-order valence-corrected chi connectivity index (χ1v) is 2.61. The summed E-state index contributed by atoms with van der Waals surface area (Å²) in [5.41, 5.74) is 10.2. The fourth-order valence-corrected chi connectivity index (χ4v) is 0.482. The van der Waals surface area contributed by atoms with Crippen molar-refractivity contribution < 1.29 is 4.79 Å². The molecule has 0 aliphatic heterocycles. The molecule has 6 N–H and O–H groups in total. The lowest BCUT2D eigenvalue weighted by atomic mass is 10.3. The monoisotopic (exact) mass is 142 g/mol. The van der Waals surface area contributed by atoms with Gasteiger partial charge in [0.1, 0.15) is 5.70 Å². The molecule has 0 aliphatic carbocycles. The fraction of sp³-hybridized carbons (Fsp3) is 0.200. The third-order valence-corrected chi connectivity index (χ3v) is 0.941. The van der Waals surface area contributed by atoms with E-state index in [0.29, 0.717) is 0 Å². The van der Waals surface area contributed by atoms with E-state index in [-0.39, 0.29) is 11.4 Å². The molecular formula is C5H10N4O. The van der Waals surface area contributed by atoms with E-state index in [2.05, 4.69) is 5.32 Å². The first-order valence-electron chi connectivity index (χ1n) is 2.61. The summed E-state index contributed by atoms with van der Waals surface area (Å²) in [4.78, 5) is 10.4. The lowest BCUT2D eigenvalue weighted by Gasteiger charge is -2.02. The summed E-state index contributed by atoms with van der Waals surface area (Å²) in [5, 5.41) is 9.16. The van der Waals surface area contributed by atoms with E-state index in [0.717, 1.165) is 6.21 Å². The molecule has 0 heterocycles. The first-order chi connectivity index (χ1) is 4.63. The number of primary amides is 1. The maximum absolute atomic E-state index is 10.4. The molecular weight excluding hydrogens is 132 g/mol. The molecule has 0 aromatic rings. The van der Waals surface area contributed by atoms with Crippen LogP contribution in [0.4, 0.5) is 0 Å². The van der Waals surface area contributed by atoms with Crippen molar-refractivity contribution in [2.75, 3.05) is 7.05 Å². The molecule has 0 aromatic heterocycles. The predicted octanol–water partition coefficient (Wildman–Crippen LogP) is -1.49. The normalized spacial score (nSPS) is 11.7. The van der Waals surface area contributed by atoms with Gasteiger partial charge in [0.2, 0.25) is 0 Å². The zero-order chi connectivity index (χ0) is 8.15. The highest BCUT2D eigenvalue weighted by Crippen LogP contribution is 1.88. The van der Waals surface area contributed by atoms with Crippen molar-refractivity contribution in [3.05, 3.63) is 11.4 Å². The summed E-state index contributed by atoms with van der Waals surface area (Å²) in [7, 11) is 1.51. The molecule has 10 heavy (non-hydrogen) atoms. The Balaban J connectivity index is 4.62. The molecule has 1 amide bonds. The van der Waals surface area contributed by atoms with Gasteiger partial charge in [-0.15, -0.1) is 0 Å². The quantitative estimate of drug-likeness (QED) is 0.285. The minimum Gasteiger partial charge on any atom is -0.396 e. The molecule has 0 aliphatic rings. The fourth-order valence-electron chi connectivity index (χ4n) is 0.482. The molecule has 0 saturated carbocycles. The largest absolute Gasteiger partial charge is 0.396 e. The Morgan fingerprint density at radius 1 is 1.60 bits per heavy atom. The van der Waals surface area contributed by atoms with E-state index >= 15 is 0 Å². The van der Waals surface area contributed by atoms with Gasteiger partial charge >= 0.3 is 0 Å². The van der Waals surface area contributed by atoms with Crippen LogP contribution in [-0.2, 0) is 4.79 Å². The summed E-state index contributed by atoms with van der Waals surface area (Å²) in [5.74, 6) is -0.663. The molecule has 0 aromatic carbocycles. The summed E-state index contributed by atoms with van der Waals surface area (Å²) >= 11 is 0. The lowest BCUT2D eigenvalue weighted by Crippen LogP contribution is -2.27. The molecule has 0 radical (unpaired) electrons. The number of allylic oxidation sites excluding steroid dienone is 1. The van der Waals surface area contributed by atoms with Crippen molar-refractivity contribution in [3.63, 3.8) is 0 Å². The molecule has 0 unspecified atom stereocenters. The van der Waals surface area contributed by atoms with Crippen LogP contribution in [0.2, 0.25) is 0 Å². The molecule has 0 spiro atoms. The van der Waals surface area contributed by atoms with Gasteiger partial charge in [-0.2, -0.15) is 0 Å². The summed E-state index contributed by atoms with van der Waals surface area (Å²) in [6, 6.07) is 0. The zero-order valence-electron chi connectivity index (χ0n) is 5.64. The lowest BCUT2D eigenvalue weighted by molar-refractivity contribution is -0.114. The highest BCUT2D eigenvalue weighted by atomic mass is 16.1. The van der Waals surface area contributed by atoms with Crippen LogP contribution in [0.1, 0.15) is 0 Å². The number of hydrogen-bond donors (Lipinski definition) is 4. The minimum atomic E-state index is -0.663. The van der Waals surface area contributed by atoms with Crippen LogP contribution < -0.4 is 16.8 Å². The number of amides is 1. The van der Waals surface area contributed by atoms with Crippen LogP contribution in [0.25, 0.3) is 0 Å². The Morgan fingerprint density at radius 2 is 2.10 bits per heavy atom. The van der Waals surface area contributed by atoms with Gasteiger partial charge in [0, 0.05) is 13.3 Å². The van der Waals surface area contributed by atoms with E-state index < -0.39 is 5.91 Å². The molecule has 0 atom stereocenters. The van der Waals surface area contributed by atoms with Crippen molar-refractivity contribution in [2.45, 2.75) is 0 Å². The van der Waals surface area contributed by atoms with Gasteiger partial charge in [0.25, 0.3) is 5.91 Å². The molecule has 5 heteroatoms. The summed E-state index contributed by atoms with van der Waals surface area (Å²) in [6.45, 7) is 0. The van der Waals surface area contributed by atoms with Gasteiger partial charge in [-0.3, -0.25) is 4.79 Å². The number of rotatable bonds is 3. The van der Waals surface area contributed by atoms with Gasteiger partial charge in [-0.1, -0.05) is 0 Å². The average Bonchev–Trinajstić information content (AvgIpc) is 1.88. The Hall–Kier alpha value is -1.52. The number of hydrogen-bond acceptors (Lipinski definition) is 4. The standard InChI is InChI=1S/C5H10N4O/c1-9-4(5(8)10)3(7)2-6/h2,6,9H,7H2,1H3,(H2,8,10)/b4-3+,6-2?. The summed E-state index contributed by atoms with van der Waals surface area (Å²) in [6.07, 6.45) is 0.858. The van der Waals surface area contributed by atoms with Crippen LogP contribution in [0.3, 0.4) is 0 Å². The highest BCUT2D eigenvalue weighted by Gasteiger charge is 2.04. The second kappa shape index (κ2) is 3.49. The van der Waals surface area contributed by atoms with Gasteiger partial charge < -0.3 is 22.2 Å². The molecule has 0 saturated heterocycles. The Kier molecular flexibility index (Phi) is 2.96. The van der Waals surface area contributed by atoms with Crippen LogP contribution in [0.5, 0.6) is 0 Å². The van der Waals surface area contributed by atoms with Crippen molar-refractivity contribution >= 4 is 12.1 Å². The Morgan fingerprint density at radius 3 is 2.20 bits per heavy atom. The van der Waals surface area contributed by atoms with Crippen molar-refractivity contribution in [2.24, 2.45) is 11.5 Å².